The molecule has 4 rings (SSSR count). The summed E-state index contributed by atoms with van der Waals surface area (Å²) in [4.78, 5) is 24.1. The standard InChI is InChI=1S/C23H25N3O4S/c1-13(2)20-22(27)25-21-16-10-18(29-4)19(30-5)11-17(16)24-23(26(20)21)31-12-14-6-8-15(28-3)9-7-14/h6-11,13,20H,12H2,1-5H3/t20-/m0/s1. The van der Waals surface area contributed by atoms with E-state index in [0.29, 0.717) is 28.8 Å². The largest absolute Gasteiger partial charge is 0.497 e. The zero-order chi connectivity index (χ0) is 22.1. The van der Waals surface area contributed by atoms with E-state index in [1.807, 2.05) is 55.1 Å². The number of rotatable bonds is 6. The quantitative estimate of drug-likeness (QED) is 0.670. The molecule has 2 aliphatic heterocycles. The van der Waals surface area contributed by atoms with Gasteiger partial charge in [0.2, 0.25) is 0 Å². The average molecular weight is 440 g/mol. The van der Waals surface area contributed by atoms with Crippen molar-refractivity contribution in [2.75, 3.05) is 21.3 Å². The number of carbonyl (C=O) groups is 1. The fourth-order valence-corrected chi connectivity index (χ4v) is 4.71. The Kier molecular flexibility index (Phi) is 5.91. The minimum atomic E-state index is -0.377. The maximum atomic E-state index is 12.8. The second-order valence-corrected chi connectivity index (χ2v) is 8.53. The van der Waals surface area contributed by atoms with Crippen LogP contribution in [0.5, 0.6) is 17.2 Å². The summed E-state index contributed by atoms with van der Waals surface area (Å²) in [6.45, 7) is 4.05. The van der Waals surface area contributed by atoms with Gasteiger partial charge >= 0.3 is 0 Å². The van der Waals surface area contributed by atoms with Crippen LogP contribution in [0.4, 0.5) is 5.69 Å². The van der Waals surface area contributed by atoms with Crippen LogP contribution in [0.1, 0.15) is 25.0 Å². The number of benzene rings is 2. The van der Waals surface area contributed by atoms with Gasteiger partial charge in [0.05, 0.1) is 27.0 Å². The van der Waals surface area contributed by atoms with Crippen LogP contribution in [-0.4, -0.2) is 49.2 Å². The van der Waals surface area contributed by atoms with Crippen molar-refractivity contribution in [3.63, 3.8) is 0 Å². The van der Waals surface area contributed by atoms with Gasteiger partial charge < -0.3 is 14.2 Å². The molecule has 162 valence electrons. The van der Waals surface area contributed by atoms with Gasteiger partial charge in [0.25, 0.3) is 5.91 Å². The van der Waals surface area contributed by atoms with Gasteiger partial charge in [-0.1, -0.05) is 37.7 Å². The van der Waals surface area contributed by atoms with Crippen molar-refractivity contribution in [1.29, 1.82) is 0 Å². The molecule has 2 aromatic rings. The van der Waals surface area contributed by atoms with Gasteiger partial charge in [-0.25, -0.2) is 4.99 Å². The monoisotopic (exact) mass is 439 g/mol. The fourth-order valence-electron chi connectivity index (χ4n) is 3.72. The zero-order valence-electron chi connectivity index (χ0n) is 18.2. The molecule has 0 aliphatic carbocycles. The first-order chi connectivity index (χ1) is 15.0. The van der Waals surface area contributed by atoms with Crippen molar-refractivity contribution in [3.05, 3.63) is 47.5 Å². The Bertz CT molecular complexity index is 1060. The third-order valence-corrected chi connectivity index (χ3v) is 6.32. The molecule has 0 fully saturated rings. The Labute approximate surface area is 186 Å². The molecule has 0 bridgehead atoms. The van der Waals surface area contributed by atoms with Crippen LogP contribution >= 0.6 is 11.8 Å². The lowest BCUT2D eigenvalue weighted by Crippen LogP contribution is -2.46. The lowest BCUT2D eigenvalue weighted by Gasteiger charge is -2.33. The molecule has 2 aromatic carbocycles. The first-order valence-corrected chi connectivity index (χ1v) is 11.0. The number of thioether (sulfide) groups is 1. The molecule has 8 heteroatoms. The molecule has 2 aliphatic rings. The van der Waals surface area contributed by atoms with E-state index in [0.717, 1.165) is 22.0 Å². The summed E-state index contributed by atoms with van der Waals surface area (Å²) in [6, 6.07) is 11.2. The number of amidine groups is 2. The number of aliphatic imine (C=N–C) groups is 2. The molecular formula is C23H25N3O4S. The second kappa shape index (κ2) is 8.63. The van der Waals surface area contributed by atoms with Crippen LogP contribution in [0, 0.1) is 5.92 Å². The van der Waals surface area contributed by atoms with Crippen molar-refractivity contribution in [3.8, 4) is 17.2 Å². The first-order valence-electron chi connectivity index (χ1n) is 9.99. The lowest BCUT2D eigenvalue weighted by atomic mass is 10.0. The zero-order valence-corrected chi connectivity index (χ0v) is 19.0. The molecule has 7 nitrogen and oxygen atoms in total. The van der Waals surface area contributed by atoms with Gasteiger partial charge in [-0.3, -0.25) is 9.69 Å². The summed E-state index contributed by atoms with van der Waals surface area (Å²) in [5, 5.41) is 0.749. The summed E-state index contributed by atoms with van der Waals surface area (Å²) < 4.78 is 16.1. The number of nitrogens with zero attached hydrogens (tertiary/aromatic N) is 3. The lowest BCUT2D eigenvalue weighted by molar-refractivity contribution is -0.120. The van der Waals surface area contributed by atoms with Crippen LogP contribution in [0.25, 0.3) is 0 Å². The number of amides is 1. The van der Waals surface area contributed by atoms with Gasteiger partial charge in [-0.2, -0.15) is 4.99 Å². The highest BCUT2D eigenvalue weighted by Crippen LogP contribution is 2.42. The predicted molar refractivity (Wildman–Crippen MR) is 123 cm³/mol. The third kappa shape index (κ3) is 3.87. The van der Waals surface area contributed by atoms with E-state index in [-0.39, 0.29) is 17.9 Å². The number of methoxy groups -OCH3 is 3. The molecule has 0 spiro atoms. The van der Waals surface area contributed by atoms with Crippen molar-refractivity contribution < 1.29 is 19.0 Å². The molecule has 1 atom stereocenters. The Morgan fingerprint density at radius 3 is 2.29 bits per heavy atom. The molecule has 0 saturated heterocycles. The molecule has 1 amide bonds. The van der Waals surface area contributed by atoms with E-state index >= 15 is 0 Å². The number of hydrogen-bond donors (Lipinski definition) is 0. The summed E-state index contributed by atoms with van der Waals surface area (Å²) in [5.74, 6) is 3.24. The first kappa shape index (κ1) is 21.2. The Morgan fingerprint density at radius 2 is 1.68 bits per heavy atom. The minimum absolute atomic E-state index is 0.0854. The molecule has 0 radical (unpaired) electrons. The molecule has 0 aromatic heterocycles. The molecule has 0 saturated carbocycles. The highest BCUT2D eigenvalue weighted by Gasteiger charge is 2.43. The highest BCUT2D eigenvalue weighted by molar-refractivity contribution is 8.13. The summed E-state index contributed by atoms with van der Waals surface area (Å²) in [7, 11) is 4.83. The molecule has 0 unspecified atom stereocenters. The van der Waals surface area contributed by atoms with E-state index in [1.54, 1.807) is 33.1 Å². The van der Waals surface area contributed by atoms with E-state index in [9.17, 15) is 4.79 Å². The number of fused-ring (bicyclic) bond motifs is 3. The summed E-state index contributed by atoms with van der Waals surface area (Å²) in [6.07, 6.45) is 0. The van der Waals surface area contributed by atoms with E-state index < -0.39 is 0 Å². The summed E-state index contributed by atoms with van der Waals surface area (Å²) >= 11 is 1.58. The smallest absolute Gasteiger partial charge is 0.271 e. The topological polar surface area (TPSA) is 72.7 Å². The maximum absolute atomic E-state index is 12.8. The Hall–Kier alpha value is -3.00. The second-order valence-electron chi connectivity index (χ2n) is 7.59. The predicted octanol–water partition coefficient (Wildman–Crippen LogP) is 4.26. The van der Waals surface area contributed by atoms with Crippen LogP contribution in [-0.2, 0) is 10.5 Å². The van der Waals surface area contributed by atoms with E-state index in [4.69, 9.17) is 19.2 Å². The van der Waals surface area contributed by atoms with Crippen LogP contribution in [0.2, 0.25) is 0 Å². The van der Waals surface area contributed by atoms with E-state index in [2.05, 4.69) is 4.99 Å². The highest BCUT2D eigenvalue weighted by atomic mass is 32.2. The average Bonchev–Trinajstić information content (AvgIpc) is 3.14. The summed E-state index contributed by atoms with van der Waals surface area (Å²) in [5.41, 5.74) is 2.61. The molecule has 0 N–H and O–H groups in total. The van der Waals surface area contributed by atoms with E-state index in [1.165, 1.54) is 0 Å². The minimum Gasteiger partial charge on any atom is -0.497 e. The Morgan fingerprint density at radius 1 is 1.00 bits per heavy atom. The van der Waals surface area contributed by atoms with Crippen LogP contribution < -0.4 is 14.2 Å². The van der Waals surface area contributed by atoms with Crippen LogP contribution in [0.3, 0.4) is 0 Å². The SMILES string of the molecule is COc1ccc(CSC2=Nc3cc(OC)c(OC)cc3C3=NC(=O)[C@H](C(C)C)N23)cc1. The van der Waals surface area contributed by atoms with Crippen molar-refractivity contribution in [2.24, 2.45) is 15.9 Å². The van der Waals surface area contributed by atoms with Crippen LogP contribution in [0.15, 0.2) is 46.4 Å². The number of hydrogen-bond acceptors (Lipinski definition) is 7. The van der Waals surface area contributed by atoms with Gasteiger partial charge in [0.1, 0.15) is 17.6 Å². The van der Waals surface area contributed by atoms with Gasteiger partial charge in [0, 0.05) is 17.4 Å². The maximum Gasteiger partial charge on any atom is 0.271 e. The van der Waals surface area contributed by atoms with Crippen molar-refractivity contribution >= 4 is 34.4 Å². The Balaban J connectivity index is 1.74. The third-order valence-electron chi connectivity index (χ3n) is 5.30. The van der Waals surface area contributed by atoms with Crippen molar-refractivity contribution in [1.82, 2.24) is 4.90 Å². The normalized spacial score (nSPS) is 17.2. The molecule has 2 heterocycles. The number of carbonyl (C=O) groups excluding carboxylic acids is 1. The van der Waals surface area contributed by atoms with Gasteiger partial charge in [0.15, 0.2) is 16.7 Å². The fraction of sp³-hybridized carbons (Fsp3) is 0.348. The molecule has 31 heavy (non-hydrogen) atoms. The molecular weight excluding hydrogens is 414 g/mol. The number of ether oxygens (including phenoxy) is 3. The van der Waals surface area contributed by atoms with Crippen molar-refractivity contribution in [2.45, 2.75) is 25.6 Å². The van der Waals surface area contributed by atoms with Gasteiger partial charge in [-0.05, 0) is 29.7 Å². The van der Waals surface area contributed by atoms with Gasteiger partial charge in [-0.15, -0.1) is 0 Å².